The van der Waals surface area contributed by atoms with E-state index < -0.39 is 21.6 Å². The number of sulfonamides is 1. The van der Waals surface area contributed by atoms with Gasteiger partial charge in [-0.2, -0.15) is 0 Å². The number of amides is 2. The molecule has 0 saturated heterocycles. The normalized spacial score (nSPS) is 12.5. The Morgan fingerprint density at radius 1 is 0.905 bits per heavy atom. The molecule has 0 spiro atoms. The maximum Gasteiger partial charge on any atom is 0.243 e. The Morgan fingerprint density at radius 3 is 2.10 bits per heavy atom. The second kappa shape index (κ2) is 14.2. The highest BCUT2D eigenvalue weighted by Crippen LogP contribution is 2.23. The van der Waals surface area contributed by atoms with Crippen molar-refractivity contribution < 1.29 is 18.0 Å². The predicted octanol–water partition coefficient (Wildman–Crippen LogP) is 6.06. The third-order valence-electron chi connectivity index (χ3n) is 6.66. The summed E-state index contributed by atoms with van der Waals surface area (Å²) >= 11 is 6.26. The zero-order chi connectivity index (χ0) is 31.1. The monoisotopic (exact) mass is 611 g/mol. The van der Waals surface area contributed by atoms with Gasteiger partial charge in [0.1, 0.15) is 6.04 Å². The molecule has 226 valence electrons. The number of carbonyl (C=O) groups is 2. The molecule has 2 amide bonds. The molecule has 42 heavy (non-hydrogen) atoms. The van der Waals surface area contributed by atoms with Crippen LogP contribution in [0.4, 0.5) is 5.69 Å². The van der Waals surface area contributed by atoms with Crippen molar-refractivity contribution in [1.29, 1.82) is 0 Å². The first-order valence-corrected chi connectivity index (χ1v) is 16.3. The van der Waals surface area contributed by atoms with E-state index in [0.717, 1.165) is 22.3 Å². The van der Waals surface area contributed by atoms with Gasteiger partial charge in [0.15, 0.2) is 0 Å². The second-order valence-electron chi connectivity index (χ2n) is 11.9. The zero-order valence-electron chi connectivity index (χ0n) is 25.4. The van der Waals surface area contributed by atoms with Gasteiger partial charge in [0.2, 0.25) is 21.8 Å². The first-order chi connectivity index (χ1) is 19.6. The number of nitrogens with one attached hydrogen (secondary N) is 1. The molecular weight excluding hydrogens is 570 g/mol. The van der Waals surface area contributed by atoms with Gasteiger partial charge in [0.05, 0.1) is 11.9 Å². The molecule has 3 aromatic rings. The van der Waals surface area contributed by atoms with E-state index in [1.807, 2.05) is 95.3 Å². The van der Waals surface area contributed by atoms with Crippen LogP contribution in [0.25, 0.3) is 0 Å². The van der Waals surface area contributed by atoms with Gasteiger partial charge in [-0.3, -0.25) is 13.9 Å². The minimum Gasteiger partial charge on any atom is -0.350 e. The molecule has 7 nitrogen and oxygen atoms in total. The van der Waals surface area contributed by atoms with Gasteiger partial charge in [-0.25, -0.2) is 8.42 Å². The van der Waals surface area contributed by atoms with Crippen LogP contribution >= 0.6 is 11.6 Å². The van der Waals surface area contributed by atoms with Gasteiger partial charge in [-0.05, 0) is 87.6 Å². The largest absolute Gasteiger partial charge is 0.350 e. The summed E-state index contributed by atoms with van der Waals surface area (Å²) in [5.41, 5.74) is 3.70. The number of rotatable bonds is 12. The standard InChI is InChI=1S/C33H42ClN3O4S/c1-24-18-25(2)20-29(19-24)37(42(6,40)41)17-11-16-31(38)36(23-27-14-10-15-28(34)21-27)30(32(39)35-33(3,4)5)22-26-12-8-7-9-13-26/h7-10,12-15,18-21,30H,11,16-17,22-23H2,1-6H3,(H,35,39). The molecule has 3 rings (SSSR count). The Hall–Kier alpha value is -3.36. The average Bonchev–Trinajstić information content (AvgIpc) is 2.86. The van der Waals surface area contributed by atoms with E-state index in [9.17, 15) is 18.0 Å². The first kappa shape index (κ1) is 33.1. The lowest BCUT2D eigenvalue weighted by molar-refractivity contribution is -0.142. The molecule has 0 aliphatic heterocycles. The molecule has 0 aromatic heterocycles. The average molecular weight is 612 g/mol. The van der Waals surface area contributed by atoms with Crippen LogP contribution in [-0.2, 0) is 32.6 Å². The number of halogens is 1. The fraction of sp³-hybridized carbons (Fsp3) is 0.394. The molecule has 9 heteroatoms. The van der Waals surface area contributed by atoms with Crippen molar-refractivity contribution in [3.05, 3.63) is 100 Å². The van der Waals surface area contributed by atoms with Gasteiger partial charge in [-0.15, -0.1) is 0 Å². The van der Waals surface area contributed by atoms with Gasteiger partial charge in [0, 0.05) is 36.5 Å². The summed E-state index contributed by atoms with van der Waals surface area (Å²) < 4.78 is 26.8. The molecule has 3 aromatic carbocycles. The minimum atomic E-state index is -3.58. The Balaban J connectivity index is 1.92. The van der Waals surface area contributed by atoms with Crippen LogP contribution in [-0.4, -0.2) is 49.5 Å². The topological polar surface area (TPSA) is 86.8 Å². The molecule has 1 unspecified atom stereocenters. The van der Waals surface area contributed by atoms with Crippen LogP contribution in [0.5, 0.6) is 0 Å². The Labute approximate surface area is 255 Å². The lowest BCUT2D eigenvalue weighted by Crippen LogP contribution is -2.54. The van der Waals surface area contributed by atoms with Crippen molar-refractivity contribution in [2.75, 3.05) is 17.1 Å². The van der Waals surface area contributed by atoms with E-state index >= 15 is 0 Å². The van der Waals surface area contributed by atoms with Crippen LogP contribution in [0.15, 0.2) is 72.8 Å². The molecule has 0 saturated carbocycles. The van der Waals surface area contributed by atoms with Crippen molar-refractivity contribution in [2.45, 2.75) is 72.0 Å². The summed E-state index contributed by atoms with van der Waals surface area (Å²) in [5, 5.41) is 3.59. The molecule has 0 heterocycles. The van der Waals surface area contributed by atoms with Crippen molar-refractivity contribution in [3.63, 3.8) is 0 Å². The smallest absolute Gasteiger partial charge is 0.243 e. The summed E-state index contributed by atoms with van der Waals surface area (Å²) in [6.45, 7) is 9.87. The summed E-state index contributed by atoms with van der Waals surface area (Å²) in [6.07, 6.45) is 1.84. The van der Waals surface area contributed by atoms with Crippen LogP contribution in [0.2, 0.25) is 5.02 Å². The Kier molecular flexibility index (Phi) is 11.2. The highest BCUT2D eigenvalue weighted by molar-refractivity contribution is 7.92. The maximum atomic E-state index is 14.0. The van der Waals surface area contributed by atoms with Gasteiger partial charge >= 0.3 is 0 Å². The number of benzene rings is 3. The zero-order valence-corrected chi connectivity index (χ0v) is 26.9. The van der Waals surface area contributed by atoms with E-state index in [1.54, 1.807) is 17.0 Å². The van der Waals surface area contributed by atoms with Gasteiger partial charge in [0.25, 0.3) is 0 Å². The van der Waals surface area contributed by atoms with Crippen LogP contribution in [0.1, 0.15) is 55.9 Å². The van der Waals surface area contributed by atoms with E-state index in [0.29, 0.717) is 17.1 Å². The number of aryl methyl sites for hydroxylation is 2. The lowest BCUT2D eigenvalue weighted by Gasteiger charge is -2.34. The Bertz CT molecular complexity index is 1470. The maximum absolute atomic E-state index is 14.0. The number of hydrogen-bond donors (Lipinski definition) is 1. The quantitative estimate of drug-likeness (QED) is 0.270. The predicted molar refractivity (Wildman–Crippen MR) is 171 cm³/mol. The summed E-state index contributed by atoms with van der Waals surface area (Å²) in [4.78, 5) is 29.3. The van der Waals surface area contributed by atoms with Crippen molar-refractivity contribution in [3.8, 4) is 0 Å². The number of nitrogens with zero attached hydrogens (tertiary/aromatic N) is 2. The fourth-order valence-corrected chi connectivity index (χ4v) is 6.10. The van der Waals surface area contributed by atoms with Crippen LogP contribution in [0.3, 0.4) is 0 Å². The molecule has 0 aliphatic carbocycles. The number of carbonyl (C=O) groups excluding carboxylic acids is 2. The van der Waals surface area contributed by atoms with Crippen LogP contribution in [0, 0.1) is 13.8 Å². The van der Waals surface area contributed by atoms with E-state index in [4.69, 9.17) is 11.6 Å². The first-order valence-electron chi connectivity index (χ1n) is 14.1. The highest BCUT2D eigenvalue weighted by Gasteiger charge is 2.32. The second-order valence-corrected chi connectivity index (χ2v) is 14.2. The molecular formula is C33H42ClN3O4S. The van der Waals surface area contributed by atoms with E-state index in [1.165, 1.54) is 10.6 Å². The van der Waals surface area contributed by atoms with E-state index in [-0.39, 0.29) is 37.7 Å². The van der Waals surface area contributed by atoms with Crippen molar-refractivity contribution >= 4 is 39.1 Å². The molecule has 1 N–H and O–H groups in total. The molecule has 0 bridgehead atoms. The van der Waals surface area contributed by atoms with Crippen molar-refractivity contribution in [2.24, 2.45) is 0 Å². The number of anilines is 1. The minimum absolute atomic E-state index is 0.0610. The summed E-state index contributed by atoms with van der Waals surface area (Å²) in [5.74, 6) is -0.497. The molecule has 0 radical (unpaired) electrons. The van der Waals surface area contributed by atoms with Gasteiger partial charge < -0.3 is 10.2 Å². The van der Waals surface area contributed by atoms with Gasteiger partial charge in [-0.1, -0.05) is 60.1 Å². The SMILES string of the molecule is Cc1cc(C)cc(N(CCCC(=O)N(Cc2cccc(Cl)c2)C(Cc2ccccc2)C(=O)NC(C)(C)C)S(C)(=O)=O)c1. The van der Waals surface area contributed by atoms with Crippen molar-refractivity contribution in [1.82, 2.24) is 10.2 Å². The molecule has 0 aliphatic rings. The lowest BCUT2D eigenvalue weighted by atomic mass is 10.00. The summed E-state index contributed by atoms with van der Waals surface area (Å²) in [6, 6.07) is 21.7. The fourth-order valence-electron chi connectivity index (χ4n) is 4.94. The third-order valence-corrected chi connectivity index (χ3v) is 8.09. The van der Waals surface area contributed by atoms with E-state index in [2.05, 4.69) is 5.32 Å². The number of hydrogen-bond acceptors (Lipinski definition) is 4. The third kappa shape index (κ3) is 10.2. The molecule has 0 fully saturated rings. The summed E-state index contributed by atoms with van der Waals surface area (Å²) in [7, 11) is -3.58. The Morgan fingerprint density at radius 2 is 1.52 bits per heavy atom. The van der Waals surface area contributed by atoms with Crippen LogP contribution < -0.4 is 9.62 Å². The molecule has 1 atom stereocenters. The highest BCUT2D eigenvalue weighted by atomic mass is 35.5.